The van der Waals surface area contributed by atoms with E-state index >= 15 is 0 Å². The van der Waals surface area contributed by atoms with E-state index in [1.807, 2.05) is 0 Å². The molecule has 5 heteroatoms. The Morgan fingerprint density at radius 1 is 1.10 bits per heavy atom. The summed E-state index contributed by atoms with van der Waals surface area (Å²) in [6.45, 7) is 0. The molecule has 2 aromatic rings. The van der Waals surface area contributed by atoms with Crippen LogP contribution in [-0.4, -0.2) is 5.91 Å². The third kappa shape index (κ3) is 2.81. The lowest BCUT2D eigenvalue weighted by molar-refractivity contribution is 0.101. The Bertz CT molecular complexity index is 696. The lowest BCUT2D eigenvalue weighted by Crippen LogP contribution is -2.16. The number of hydrogen-bond acceptors (Lipinski definition) is 1. The Morgan fingerprint density at radius 2 is 1.75 bits per heavy atom. The summed E-state index contributed by atoms with van der Waals surface area (Å²) < 4.78 is 39.6. The van der Waals surface area contributed by atoms with Crippen molar-refractivity contribution in [3.05, 3.63) is 65.0 Å². The number of halogens is 3. The minimum absolute atomic E-state index is 0.286. The van der Waals surface area contributed by atoms with Gasteiger partial charge < -0.3 is 5.32 Å². The zero-order chi connectivity index (χ0) is 14.7. The lowest BCUT2D eigenvalue weighted by atomic mass is 10.1. The summed E-state index contributed by atoms with van der Waals surface area (Å²) in [6.07, 6.45) is 5.20. The molecule has 0 unspecified atom stereocenters. The van der Waals surface area contributed by atoms with Crippen molar-refractivity contribution in [2.75, 3.05) is 5.32 Å². The molecular formula is C15H8F3NO. The first-order valence-corrected chi connectivity index (χ1v) is 5.54. The minimum atomic E-state index is -1.27. The molecule has 0 aliphatic heterocycles. The number of rotatable bonds is 2. The van der Waals surface area contributed by atoms with E-state index in [0.29, 0.717) is 17.7 Å². The molecule has 2 aromatic carbocycles. The number of hydrogen-bond donors (Lipinski definition) is 1. The molecule has 0 aliphatic carbocycles. The zero-order valence-corrected chi connectivity index (χ0v) is 10.1. The molecule has 0 aromatic heterocycles. The highest BCUT2D eigenvalue weighted by Crippen LogP contribution is 2.17. The Hall–Kier alpha value is -2.74. The third-order valence-corrected chi connectivity index (χ3v) is 2.52. The van der Waals surface area contributed by atoms with Gasteiger partial charge in [0.25, 0.3) is 5.91 Å². The minimum Gasteiger partial charge on any atom is -0.322 e. The van der Waals surface area contributed by atoms with Crippen LogP contribution < -0.4 is 5.32 Å². The molecule has 0 atom stereocenters. The summed E-state index contributed by atoms with van der Waals surface area (Å²) in [5.74, 6) is -2.29. The van der Waals surface area contributed by atoms with Crippen molar-refractivity contribution < 1.29 is 18.0 Å². The van der Waals surface area contributed by atoms with E-state index in [9.17, 15) is 18.0 Å². The van der Waals surface area contributed by atoms with Crippen molar-refractivity contribution in [2.24, 2.45) is 0 Å². The summed E-state index contributed by atoms with van der Waals surface area (Å²) in [4.78, 5) is 11.8. The van der Waals surface area contributed by atoms with E-state index in [1.54, 1.807) is 12.1 Å². The van der Waals surface area contributed by atoms with Crippen molar-refractivity contribution in [1.82, 2.24) is 0 Å². The van der Waals surface area contributed by atoms with Gasteiger partial charge in [0.1, 0.15) is 23.0 Å². The van der Waals surface area contributed by atoms with Gasteiger partial charge in [0, 0.05) is 23.4 Å². The predicted molar refractivity (Wildman–Crippen MR) is 68.6 cm³/mol. The smallest absolute Gasteiger partial charge is 0.261 e. The van der Waals surface area contributed by atoms with Crippen LogP contribution in [0.2, 0.25) is 0 Å². The second kappa shape index (κ2) is 5.49. The van der Waals surface area contributed by atoms with E-state index in [1.165, 1.54) is 12.1 Å². The number of amides is 1. The average Bonchev–Trinajstić information content (AvgIpc) is 2.37. The first-order chi connectivity index (χ1) is 9.51. The summed E-state index contributed by atoms with van der Waals surface area (Å²) in [5, 5.41) is 2.30. The molecule has 0 saturated carbocycles. The van der Waals surface area contributed by atoms with Crippen molar-refractivity contribution in [2.45, 2.75) is 0 Å². The van der Waals surface area contributed by atoms with Crippen molar-refractivity contribution >= 4 is 11.6 Å². The van der Waals surface area contributed by atoms with Gasteiger partial charge in [-0.3, -0.25) is 4.79 Å². The lowest BCUT2D eigenvalue weighted by Gasteiger charge is -2.07. The second-order valence-electron chi connectivity index (χ2n) is 3.92. The van der Waals surface area contributed by atoms with Crippen LogP contribution in [0.1, 0.15) is 15.9 Å². The van der Waals surface area contributed by atoms with Crippen LogP contribution in [0.4, 0.5) is 18.9 Å². The van der Waals surface area contributed by atoms with Crippen LogP contribution in [-0.2, 0) is 0 Å². The Kier molecular flexibility index (Phi) is 3.76. The van der Waals surface area contributed by atoms with Crippen molar-refractivity contribution in [3.63, 3.8) is 0 Å². The number of nitrogens with one attached hydrogen (secondary N) is 1. The fourth-order valence-corrected chi connectivity index (χ4v) is 1.64. The monoisotopic (exact) mass is 275 g/mol. The van der Waals surface area contributed by atoms with Gasteiger partial charge in [-0.15, -0.1) is 6.42 Å². The molecular weight excluding hydrogens is 267 g/mol. The molecule has 2 nitrogen and oxygen atoms in total. The first-order valence-electron chi connectivity index (χ1n) is 5.54. The summed E-state index contributed by atoms with van der Waals surface area (Å²) >= 11 is 0. The van der Waals surface area contributed by atoms with Crippen LogP contribution in [0.5, 0.6) is 0 Å². The van der Waals surface area contributed by atoms with Gasteiger partial charge in [0.05, 0.1) is 0 Å². The van der Waals surface area contributed by atoms with Crippen molar-refractivity contribution in [1.29, 1.82) is 0 Å². The molecule has 20 heavy (non-hydrogen) atoms. The van der Waals surface area contributed by atoms with E-state index in [-0.39, 0.29) is 5.69 Å². The van der Waals surface area contributed by atoms with Gasteiger partial charge >= 0.3 is 0 Å². The Balaban J connectivity index is 2.31. The zero-order valence-electron chi connectivity index (χ0n) is 10.1. The second-order valence-corrected chi connectivity index (χ2v) is 3.92. The highest BCUT2D eigenvalue weighted by atomic mass is 19.1. The van der Waals surface area contributed by atoms with Gasteiger partial charge in [0.15, 0.2) is 0 Å². The van der Waals surface area contributed by atoms with Gasteiger partial charge in [-0.1, -0.05) is 12.0 Å². The predicted octanol–water partition coefficient (Wildman–Crippen LogP) is 3.34. The molecule has 0 spiro atoms. The highest BCUT2D eigenvalue weighted by molar-refractivity contribution is 6.04. The largest absolute Gasteiger partial charge is 0.322 e. The Labute approximate surface area is 113 Å². The molecule has 0 saturated heterocycles. The standard InChI is InChI=1S/C15H8F3NO/c1-2-9-4-3-5-11(6-9)19-15(20)14-12(17)7-10(16)8-13(14)18/h1,3-8H,(H,19,20). The maximum absolute atomic E-state index is 13.4. The molecule has 0 aliphatic rings. The maximum atomic E-state index is 13.4. The normalized spacial score (nSPS) is 9.90. The third-order valence-electron chi connectivity index (χ3n) is 2.52. The van der Waals surface area contributed by atoms with E-state index in [0.717, 1.165) is 0 Å². The number of benzene rings is 2. The fourth-order valence-electron chi connectivity index (χ4n) is 1.64. The molecule has 0 radical (unpaired) electrons. The average molecular weight is 275 g/mol. The molecule has 0 bridgehead atoms. The molecule has 0 fully saturated rings. The Morgan fingerprint density at radius 3 is 2.35 bits per heavy atom. The number of terminal acetylenes is 1. The van der Waals surface area contributed by atoms with Gasteiger partial charge in [-0.2, -0.15) is 0 Å². The first kappa shape index (κ1) is 13.7. The van der Waals surface area contributed by atoms with Crippen LogP contribution in [0.25, 0.3) is 0 Å². The van der Waals surface area contributed by atoms with Crippen molar-refractivity contribution in [3.8, 4) is 12.3 Å². The quantitative estimate of drug-likeness (QED) is 0.837. The maximum Gasteiger partial charge on any atom is 0.261 e. The van der Waals surface area contributed by atoms with E-state index in [4.69, 9.17) is 6.42 Å². The summed E-state index contributed by atoms with van der Waals surface area (Å²) in [5.41, 5.74) is -0.0612. The van der Waals surface area contributed by atoms with Crippen LogP contribution in [0, 0.1) is 29.8 Å². The molecule has 100 valence electrons. The highest BCUT2D eigenvalue weighted by Gasteiger charge is 2.19. The van der Waals surface area contributed by atoms with E-state index in [2.05, 4.69) is 11.2 Å². The molecule has 0 heterocycles. The van der Waals surface area contributed by atoms with E-state index < -0.39 is 28.9 Å². The van der Waals surface area contributed by atoms with Gasteiger partial charge in [0.2, 0.25) is 0 Å². The van der Waals surface area contributed by atoms with Gasteiger partial charge in [-0.25, -0.2) is 13.2 Å². The van der Waals surface area contributed by atoms with Crippen LogP contribution >= 0.6 is 0 Å². The number of carbonyl (C=O) groups is 1. The number of anilines is 1. The topological polar surface area (TPSA) is 29.1 Å². The van der Waals surface area contributed by atoms with Gasteiger partial charge in [-0.05, 0) is 18.2 Å². The summed E-state index contributed by atoms with van der Waals surface area (Å²) in [6, 6.07) is 7.08. The van der Waals surface area contributed by atoms with Crippen LogP contribution in [0.15, 0.2) is 36.4 Å². The molecule has 1 N–H and O–H groups in total. The van der Waals surface area contributed by atoms with Crippen LogP contribution in [0.3, 0.4) is 0 Å². The molecule has 2 rings (SSSR count). The summed E-state index contributed by atoms with van der Waals surface area (Å²) in [7, 11) is 0. The molecule has 1 amide bonds. The fraction of sp³-hybridized carbons (Fsp3) is 0. The SMILES string of the molecule is C#Cc1cccc(NC(=O)c2c(F)cc(F)cc2F)c1. The number of carbonyl (C=O) groups excluding carboxylic acids is 1.